The molecule has 19 heavy (non-hydrogen) atoms. The molecule has 1 aromatic carbocycles. The van der Waals surface area contributed by atoms with E-state index in [4.69, 9.17) is 0 Å². The molecule has 0 amide bonds. The third-order valence-corrected chi connectivity index (χ3v) is 4.19. The molecule has 1 nitrogen and oxygen atoms in total. The van der Waals surface area contributed by atoms with Gasteiger partial charge in [-0.1, -0.05) is 30.2 Å². The van der Waals surface area contributed by atoms with E-state index in [1.807, 2.05) is 0 Å². The smallest absolute Gasteiger partial charge is 0.382 e. The number of hydrogen-bond donors (Lipinski definition) is 1. The number of nitrogens with one attached hydrogen (secondary N) is 1. The topological polar surface area (TPSA) is 12.0 Å². The Hall–Kier alpha value is -0.292. The second kappa shape index (κ2) is 8.10. The van der Waals surface area contributed by atoms with Crippen LogP contribution in [0.5, 0.6) is 0 Å². The summed E-state index contributed by atoms with van der Waals surface area (Å²) in [6.45, 7) is 10.5. The molecule has 2 heteroatoms. The molecular weight excluding hydrogens is 402 g/mol. The van der Waals surface area contributed by atoms with Crippen molar-refractivity contribution in [3.63, 3.8) is 0 Å². The van der Waals surface area contributed by atoms with Gasteiger partial charge in [0.1, 0.15) is 0 Å². The molecule has 1 N–H and O–H groups in total. The van der Waals surface area contributed by atoms with Crippen molar-refractivity contribution in [2.24, 2.45) is 5.92 Å². The summed E-state index contributed by atoms with van der Waals surface area (Å²) in [6, 6.07) is 9.17. The van der Waals surface area contributed by atoms with Gasteiger partial charge in [0.05, 0.1) is 0 Å². The average molecular weight is 427 g/mol. The molecule has 2 atom stereocenters. The van der Waals surface area contributed by atoms with Gasteiger partial charge in [-0.05, 0) is 31.7 Å². The minimum atomic E-state index is 0. The van der Waals surface area contributed by atoms with E-state index in [-0.39, 0.29) is 21.1 Å². The molecule has 2 unspecified atom stereocenters. The van der Waals surface area contributed by atoms with E-state index in [0.717, 1.165) is 18.8 Å². The van der Waals surface area contributed by atoms with Crippen molar-refractivity contribution in [1.29, 1.82) is 0 Å². The third kappa shape index (κ3) is 4.35. The zero-order valence-electron chi connectivity index (χ0n) is 11.9. The molecule has 1 fully saturated rings. The van der Waals surface area contributed by atoms with Crippen LogP contribution < -0.4 is 5.32 Å². The summed E-state index contributed by atoms with van der Waals surface area (Å²) in [4.78, 5) is 0. The quantitative estimate of drug-likeness (QED) is 0.643. The van der Waals surface area contributed by atoms with Gasteiger partial charge in [-0.3, -0.25) is 0 Å². The normalized spacial score (nSPS) is 18.1. The summed E-state index contributed by atoms with van der Waals surface area (Å²) >= 11 is 0. The van der Waals surface area contributed by atoms with Crippen LogP contribution in [-0.2, 0) is 21.1 Å². The number of anilines is 1. The number of rotatable bonds is 6. The first kappa shape index (κ1) is 16.8. The molecule has 1 aliphatic carbocycles. The first-order chi connectivity index (χ1) is 8.72. The van der Waals surface area contributed by atoms with Crippen LogP contribution in [0.2, 0.25) is 0 Å². The molecule has 0 saturated heterocycles. The summed E-state index contributed by atoms with van der Waals surface area (Å²) < 4.78 is 0. The predicted octanol–water partition coefficient (Wildman–Crippen LogP) is 4.82. The van der Waals surface area contributed by atoms with Crippen LogP contribution in [-0.4, -0.2) is 6.04 Å². The summed E-state index contributed by atoms with van der Waals surface area (Å²) in [6.07, 6.45) is 6.15. The molecule has 0 radical (unpaired) electrons. The van der Waals surface area contributed by atoms with Gasteiger partial charge < -0.3 is 19.2 Å². The Bertz CT molecular complexity index is 373. The SMILES string of the molecule is [CH2-]CCC([CH2-])c1ccccc1NC(C)C1CCC1.[W+2]. The van der Waals surface area contributed by atoms with E-state index in [1.54, 1.807) is 0 Å². The van der Waals surface area contributed by atoms with Gasteiger partial charge in [0.2, 0.25) is 0 Å². The Morgan fingerprint density at radius 2 is 2.00 bits per heavy atom. The van der Waals surface area contributed by atoms with Crippen LogP contribution in [0.4, 0.5) is 5.69 Å². The number of benzene rings is 1. The van der Waals surface area contributed by atoms with Gasteiger partial charge in [0.15, 0.2) is 0 Å². The zero-order chi connectivity index (χ0) is 13.0. The first-order valence-electron chi connectivity index (χ1n) is 7.20. The summed E-state index contributed by atoms with van der Waals surface area (Å²) in [5, 5.41) is 3.69. The van der Waals surface area contributed by atoms with Gasteiger partial charge in [-0.25, -0.2) is 0 Å². The molecule has 0 bridgehead atoms. The fraction of sp³-hybridized carbons (Fsp3) is 0.529. The summed E-state index contributed by atoms with van der Waals surface area (Å²) in [5.41, 5.74) is 2.61. The van der Waals surface area contributed by atoms with Gasteiger partial charge in [0.25, 0.3) is 0 Å². The van der Waals surface area contributed by atoms with E-state index in [0.29, 0.717) is 12.0 Å². The molecule has 0 spiro atoms. The van der Waals surface area contributed by atoms with Gasteiger partial charge in [-0.2, -0.15) is 6.42 Å². The van der Waals surface area contributed by atoms with E-state index >= 15 is 0 Å². The Balaban J connectivity index is 0.00000180. The van der Waals surface area contributed by atoms with E-state index in [9.17, 15) is 0 Å². The van der Waals surface area contributed by atoms with E-state index in [1.165, 1.54) is 30.5 Å². The second-order valence-electron chi connectivity index (χ2n) is 5.55. The number of hydrogen-bond acceptors (Lipinski definition) is 1. The molecule has 0 heterocycles. The Kier molecular flexibility index (Phi) is 7.14. The molecular formula is C17H25NW. The predicted molar refractivity (Wildman–Crippen MR) is 79.6 cm³/mol. The van der Waals surface area contributed by atoms with Gasteiger partial charge in [0, 0.05) is 11.7 Å². The minimum absolute atomic E-state index is 0. The Morgan fingerprint density at radius 1 is 1.32 bits per heavy atom. The van der Waals surface area contributed by atoms with E-state index in [2.05, 4.69) is 50.4 Å². The Labute approximate surface area is 132 Å². The van der Waals surface area contributed by atoms with Crippen LogP contribution >= 0.6 is 0 Å². The maximum absolute atomic E-state index is 4.26. The van der Waals surface area contributed by atoms with Crippen LogP contribution in [0.3, 0.4) is 0 Å². The number of para-hydroxylation sites is 1. The van der Waals surface area contributed by atoms with Crippen molar-refractivity contribution in [3.05, 3.63) is 43.7 Å². The van der Waals surface area contributed by atoms with Crippen molar-refractivity contribution >= 4 is 5.69 Å². The zero-order valence-corrected chi connectivity index (χ0v) is 14.8. The average Bonchev–Trinajstić information content (AvgIpc) is 2.27. The molecule has 1 saturated carbocycles. The van der Waals surface area contributed by atoms with Crippen LogP contribution in [0, 0.1) is 19.8 Å². The van der Waals surface area contributed by atoms with Crippen molar-refractivity contribution in [1.82, 2.24) is 0 Å². The largest absolute Gasteiger partial charge is 2.00 e. The summed E-state index contributed by atoms with van der Waals surface area (Å²) in [5.74, 6) is 1.20. The maximum atomic E-state index is 4.26. The van der Waals surface area contributed by atoms with Crippen LogP contribution in [0.1, 0.15) is 50.5 Å². The summed E-state index contributed by atoms with van der Waals surface area (Å²) in [7, 11) is 0. The van der Waals surface area contributed by atoms with Crippen LogP contribution in [0.15, 0.2) is 24.3 Å². The standard InChI is InChI=1S/C17H25N.W/c1-4-8-13(2)16-11-5-6-12-17(16)18-14(3)15-9-7-10-15;/h5-6,11-15,18H,1-2,4,7-10H2,3H3;/q-2;+2. The molecule has 0 aliphatic heterocycles. The van der Waals surface area contributed by atoms with Crippen molar-refractivity contribution in [2.75, 3.05) is 5.32 Å². The second-order valence-corrected chi connectivity index (χ2v) is 5.55. The van der Waals surface area contributed by atoms with Crippen LogP contribution in [0.25, 0.3) is 0 Å². The van der Waals surface area contributed by atoms with Crippen molar-refractivity contribution < 1.29 is 21.1 Å². The van der Waals surface area contributed by atoms with E-state index < -0.39 is 0 Å². The molecule has 0 aromatic heterocycles. The molecule has 1 aliphatic rings. The minimum Gasteiger partial charge on any atom is -0.382 e. The van der Waals surface area contributed by atoms with Crippen molar-refractivity contribution in [2.45, 2.75) is 51.0 Å². The van der Waals surface area contributed by atoms with Gasteiger partial charge >= 0.3 is 21.1 Å². The maximum Gasteiger partial charge on any atom is 2.00 e. The fourth-order valence-corrected chi connectivity index (χ4v) is 2.69. The van der Waals surface area contributed by atoms with Gasteiger partial charge in [-0.15, -0.1) is 12.3 Å². The fourth-order valence-electron chi connectivity index (χ4n) is 2.69. The molecule has 104 valence electrons. The Morgan fingerprint density at radius 3 is 2.58 bits per heavy atom. The van der Waals surface area contributed by atoms with Crippen molar-refractivity contribution in [3.8, 4) is 0 Å². The third-order valence-electron chi connectivity index (χ3n) is 4.19. The monoisotopic (exact) mass is 427 g/mol. The molecule has 2 rings (SSSR count). The molecule has 1 aromatic rings. The first-order valence-corrected chi connectivity index (χ1v) is 7.20.